The lowest BCUT2D eigenvalue weighted by atomic mass is 10.00. The van der Waals surface area contributed by atoms with Crippen LogP contribution in [0.2, 0.25) is 0 Å². The number of Topliss-reactive ketones (excluding diaryl/α,β-unsaturated/α-hetero) is 1. The summed E-state index contributed by atoms with van der Waals surface area (Å²) in [5, 5.41) is 11.3. The molecule has 0 bridgehead atoms. The van der Waals surface area contributed by atoms with E-state index in [4.69, 9.17) is 4.74 Å². The summed E-state index contributed by atoms with van der Waals surface area (Å²) in [6.07, 6.45) is 4.25. The van der Waals surface area contributed by atoms with Crippen LogP contribution in [0.4, 0.5) is 0 Å². The van der Waals surface area contributed by atoms with E-state index in [1.165, 1.54) is 16.2 Å². The molecule has 0 fully saturated rings. The number of nitrogens with zero attached hydrogens (tertiary/aromatic N) is 2. The van der Waals surface area contributed by atoms with Gasteiger partial charge in [-0.25, -0.2) is 4.98 Å². The van der Waals surface area contributed by atoms with Gasteiger partial charge in [0, 0.05) is 20.3 Å². The van der Waals surface area contributed by atoms with Gasteiger partial charge in [-0.1, -0.05) is 42.5 Å². The summed E-state index contributed by atoms with van der Waals surface area (Å²) in [5.41, 5.74) is 1.65. The summed E-state index contributed by atoms with van der Waals surface area (Å²) in [7, 11) is 1.60. The van der Waals surface area contributed by atoms with Crippen LogP contribution in [0, 0.1) is 13.8 Å². The Labute approximate surface area is 174 Å². The number of aliphatic hydroxyl groups excluding tert-OH is 1. The lowest BCUT2D eigenvalue weighted by molar-refractivity contribution is -0.128. The van der Waals surface area contributed by atoms with Gasteiger partial charge in [-0.05, 0) is 25.8 Å². The highest BCUT2D eigenvalue weighted by atomic mass is 32.1. The Hall–Kier alpha value is -2.77. The van der Waals surface area contributed by atoms with Gasteiger partial charge >= 0.3 is 0 Å². The predicted molar refractivity (Wildman–Crippen MR) is 113 cm³/mol. The van der Waals surface area contributed by atoms with Crippen molar-refractivity contribution in [1.82, 2.24) is 9.88 Å². The first kappa shape index (κ1) is 21.0. The Morgan fingerprint density at radius 2 is 2.03 bits per heavy atom. The largest absolute Gasteiger partial charge is 0.503 e. The third-order valence-corrected chi connectivity index (χ3v) is 5.79. The summed E-state index contributed by atoms with van der Waals surface area (Å²) in [6.45, 7) is 4.44. The minimum absolute atomic E-state index is 0.103. The third-order valence-electron chi connectivity index (χ3n) is 4.72. The van der Waals surface area contributed by atoms with Crippen LogP contribution in [-0.4, -0.2) is 53.0 Å². The van der Waals surface area contributed by atoms with Gasteiger partial charge in [0.2, 0.25) is 5.78 Å². The molecule has 1 amide bonds. The fraction of sp³-hybridized carbons (Fsp3) is 0.318. The monoisotopic (exact) mass is 412 g/mol. The van der Waals surface area contributed by atoms with E-state index in [1.807, 2.05) is 43.3 Å². The molecule has 7 heteroatoms. The molecule has 6 nitrogen and oxygen atoms in total. The fourth-order valence-corrected chi connectivity index (χ4v) is 4.24. The van der Waals surface area contributed by atoms with Gasteiger partial charge in [0.15, 0.2) is 5.76 Å². The molecule has 152 valence electrons. The number of carbonyl (C=O) groups is 2. The van der Waals surface area contributed by atoms with Gasteiger partial charge < -0.3 is 14.7 Å². The molecule has 1 aromatic heterocycles. The SMILES string of the molecule is COCCCN1C(=O)C(O)=C(C(=O)c2sc(C)nc2C)C1/C=C/c1ccccc1. The normalized spacial score (nSPS) is 17.0. The van der Waals surface area contributed by atoms with Crippen LogP contribution in [0.5, 0.6) is 0 Å². The number of ketones is 1. The number of benzene rings is 1. The van der Waals surface area contributed by atoms with Crippen molar-refractivity contribution >= 4 is 29.1 Å². The zero-order valence-corrected chi connectivity index (χ0v) is 17.5. The maximum atomic E-state index is 13.2. The molecule has 29 heavy (non-hydrogen) atoms. The van der Waals surface area contributed by atoms with Crippen molar-refractivity contribution in [3.63, 3.8) is 0 Å². The number of aliphatic hydroxyl groups is 1. The number of aromatic nitrogens is 1. The second-order valence-corrected chi connectivity index (χ2v) is 8.00. The highest BCUT2D eigenvalue weighted by Gasteiger charge is 2.42. The number of thiazole rings is 1. The van der Waals surface area contributed by atoms with E-state index in [-0.39, 0.29) is 11.4 Å². The number of ether oxygens (including phenoxy) is 1. The first-order valence-electron chi connectivity index (χ1n) is 9.39. The lowest BCUT2D eigenvalue weighted by Gasteiger charge is -2.23. The summed E-state index contributed by atoms with van der Waals surface area (Å²) in [6, 6.07) is 8.98. The molecular weight excluding hydrogens is 388 g/mol. The molecule has 1 N–H and O–H groups in total. The number of aryl methyl sites for hydroxylation is 2. The Morgan fingerprint density at radius 3 is 2.66 bits per heavy atom. The van der Waals surface area contributed by atoms with Crippen molar-refractivity contribution in [2.45, 2.75) is 26.3 Å². The molecule has 0 radical (unpaired) electrons. The molecule has 3 rings (SSSR count). The second kappa shape index (κ2) is 9.15. The maximum Gasteiger partial charge on any atom is 0.289 e. The molecule has 1 aliphatic rings. The summed E-state index contributed by atoms with van der Waals surface area (Å²) >= 11 is 1.27. The van der Waals surface area contributed by atoms with Crippen molar-refractivity contribution in [3.05, 3.63) is 68.9 Å². The molecule has 2 heterocycles. The molecule has 1 aliphatic heterocycles. The van der Waals surface area contributed by atoms with E-state index in [0.29, 0.717) is 30.1 Å². The smallest absolute Gasteiger partial charge is 0.289 e. The highest BCUT2D eigenvalue weighted by Crippen LogP contribution is 2.32. The van der Waals surface area contributed by atoms with Crippen LogP contribution in [0.3, 0.4) is 0 Å². The van der Waals surface area contributed by atoms with E-state index in [0.717, 1.165) is 10.6 Å². The van der Waals surface area contributed by atoms with Gasteiger partial charge in [0.1, 0.15) is 0 Å². The minimum Gasteiger partial charge on any atom is -0.503 e. The van der Waals surface area contributed by atoms with Crippen LogP contribution in [0.25, 0.3) is 6.08 Å². The van der Waals surface area contributed by atoms with Crippen molar-refractivity contribution < 1.29 is 19.4 Å². The van der Waals surface area contributed by atoms with Crippen molar-refractivity contribution in [1.29, 1.82) is 0 Å². The van der Waals surface area contributed by atoms with Crippen LogP contribution in [-0.2, 0) is 9.53 Å². The Balaban J connectivity index is 1.98. The van der Waals surface area contributed by atoms with E-state index >= 15 is 0 Å². The molecule has 1 unspecified atom stereocenters. The zero-order chi connectivity index (χ0) is 21.0. The summed E-state index contributed by atoms with van der Waals surface area (Å²) in [4.78, 5) is 32.3. The molecule has 0 aliphatic carbocycles. The topological polar surface area (TPSA) is 79.7 Å². The standard InChI is InChI=1S/C22H24N2O4S/c1-14-21(29-15(2)23-14)19(25)18-17(11-10-16-8-5-4-6-9-16)24(12-7-13-28-3)22(27)20(18)26/h4-6,8-11,17,26H,7,12-13H2,1-3H3/b11-10+. The third kappa shape index (κ3) is 4.46. The van der Waals surface area contributed by atoms with Gasteiger partial charge in [0.25, 0.3) is 5.91 Å². The van der Waals surface area contributed by atoms with E-state index in [2.05, 4.69) is 4.98 Å². The Morgan fingerprint density at radius 1 is 1.31 bits per heavy atom. The highest BCUT2D eigenvalue weighted by molar-refractivity contribution is 7.14. The second-order valence-electron chi connectivity index (χ2n) is 6.80. The first-order valence-corrected chi connectivity index (χ1v) is 10.2. The lowest BCUT2D eigenvalue weighted by Crippen LogP contribution is -2.36. The fourth-order valence-electron chi connectivity index (χ4n) is 3.37. The van der Waals surface area contributed by atoms with Gasteiger partial charge in [0.05, 0.1) is 27.2 Å². The average Bonchev–Trinajstić information content (AvgIpc) is 3.17. The Bertz CT molecular complexity index is 962. The average molecular weight is 413 g/mol. The summed E-state index contributed by atoms with van der Waals surface area (Å²) < 4.78 is 5.08. The zero-order valence-electron chi connectivity index (χ0n) is 16.7. The number of carbonyl (C=O) groups excluding carboxylic acids is 2. The minimum atomic E-state index is -0.645. The number of methoxy groups -OCH3 is 1. The molecule has 0 saturated carbocycles. The quantitative estimate of drug-likeness (QED) is 0.528. The molecule has 1 aromatic carbocycles. The molecular formula is C22H24N2O4S. The number of rotatable bonds is 8. The predicted octanol–water partition coefficient (Wildman–Crippen LogP) is 3.72. The number of hydrogen-bond donors (Lipinski definition) is 1. The van der Waals surface area contributed by atoms with Crippen molar-refractivity contribution in [2.75, 3.05) is 20.3 Å². The number of amides is 1. The van der Waals surface area contributed by atoms with Crippen LogP contribution in [0.1, 0.15) is 32.4 Å². The van der Waals surface area contributed by atoms with Crippen LogP contribution < -0.4 is 0 Å². The molecule has 0 spiro atoms. The van der Waals surface area contributed by atoms with Crippen LogP contribution >= 0.6 is 11.3 Å². The number of hydrogen-bond acceptors (Lipinski definition) is 6. The van der Waals surface area contributed by atoms with Crippen molar-refractivity contribution in [3.8, 4) is 0 Å². The van der Waals surface area contributed by atoms with Crippen LogP contribution in [0.15, 0.2) is 47.7 Å². The maximum absolute atomic E-state index is 13.2. The summed E-state index contributed by atoms with van der Waals surface area (Å²) in [5.74, 6) is -1.37. The molecule has 2 aromatic rings. The van der Waals surface area contributed by atoms with Gasteiger partial charge in [-0.3, -0.25) is 9.59 Å². The van der Waals surface area contributed by atoms with E-state index in [1.54, 1.807) is 20.1 Å². The van der Waals surface area contributed by atoms with E-state index in [9.17, 15) is 14.7 Å². The van der Waals surface area contributed by atoms with Crippen molar-refractivity contribution in [2.24, 2.45) is 0 Å². The molecule has 1 atom stereocenters. The Kier molecular flexibility index (Phi) is 6.61. The van der Waals surface area contributed by atoms with Gasteiger partial charge in [-0.15, -0.1) is 11.3 Å². The molecule has 0 saturated heterocycles. The van der Waals surface area contributed by atoms with E-state index < -0.39 is 17.7 Å². The first-order chi connectivity index (χ1) is 13.9. The van der Waals surface area contributed by atoms with Gasteiger partial charge in [-0.2, -0.15) is 0 Å².